The molecule has 19 heavy (non-hydrogen) atoms. The van der Waals surface area contributed by atoms with Crippen molar-refractivity contribution in [2.24, 2.45) is 0 Å². The molecule has 0 aliphatic heterocycles. The van der Waals surface area contributed by atoms with Crippen LogP contribution in [0.25, 0.3) is 0 Å². The van der Waals surface area contributed by atoms with E-state index in [9.17, 15) is 0 Å². The summed E-state index contributed by atoms with van der Waals surface area (Å²) in [5.74, 6) is 0. The first-order valence-electron chi connectivity index (χ1n) is 5.82. The van der Waals surface area contributed by atoms with Crippen LogP contribution < -0.4 is 5.32 Å². The van der Waals surface area contributed by atoms with E-state index in [1.54, 1.807) is 18.2 Å². The van der Waals surface area contributed by atoms with Crippen LogP contribution in [-0.4, -0.2) is 0 Å². The van der Waals surface area contributed by atoms with Gasteiger partial charge in [0.2, 0.25) is 0 Å². The van der Waals surface area contributed by atoms with Crippen LogP contribution in [0, 0.1) is 11.3 Å². The van der Waals surface area contributed by atoms with Crippen LogP contribution in [0.5, 0.6) is 0 Å². The molecule has 0 aliphatic carbocycles. The van der Waals surface area contributed by atoms with Gasteiger partial charge in [-0.15, -0.1) is 0 Å². The summed E-state index contributed by atoms with van der Waals surface area (Å²) in [5.41, 5.74) is 2.66. The Hall–Kier alpha value is -1.69. The molecule has 1 unspecified atom stereocenters. The molecule has 0 spiro atoms. The molecule has 0 fully saturated rings. The van der Waals surface area contributed by atoms with Gasteiger partial charge in [-0.05, 0) is 48.9 Å². The molecule has 96 valence electrons. The smallest absolute Gasteiger partial charge is 0.0991 e. The van der Waals surface area contributed by atoms with Crippen molar-refractivity contribution >= 4 is 28.9 Å². The lowest BCUT2D eigenvalue weighted by Gasteiger charge is -2.16. The Balaban J connectivity index is 2.13. The van der Waals surface area contributed by atoms with Crippen molar-refractivity contribution in [3.05, 3.63) is 63.6 Å². The van der Waals surface area contributed by atoms with Gasteiger partial charge in [0.15, 0.2) is 0 Å². The van der Waals surface area contributed by atoms with Crippen LogP contribution in [0.4, 0.5) is 5.69 Å². The van der Waals surface area contributed by atoms with Gasteiger partial charge in [0.25, 0.3) is 0 Å². The highest BCUT2D eigenvalue weighted by atomic mass is 35.5. The van der Waals surface area contributed by atoms with Crippen LogP contribution >= 0.6 is 23.2 Å². The number of benzene rings is 2. The number of hydrogen-bond acceptors (Lipinski definition) is 2. The SMILES string of the molecule is CC(Nc1ccc(C#N)cc1)c1ccc(Cl)c(Cl)c1. The van der Waals surface area contributed by atoms with Crippen molar-refractivity contribution < 1.29 is 0 Å². The fourth-order valence-corrected chi connectivity index (χ4v) is 2.06. The molecule has 2 aromatic carbocycles. The van der Waals surface area contributed by atoms with Crippen LogP contribution in [0.1, 0.15) is 24.1 Å². The zero-order valence-corrected chi connectivity index (χ0v) is 11.8. The first-order valence-corrected chi connectivity index (χ1v) is 6.57. The number of nitrogens with one attached hydrogen (secondary N) is 1. The molecule has 0 aliphatic rings. The lowest BCUT2D eigenvalue weighted by atomic mass is 10.1. The fourth-order valence-electron chi connectivity index (χ4n) is 1.76. The number of nitrogens with zero attached hydrogens (tertiary/aromatic N) is 1. The molecule has 2 aromatic rings. The molecule has 0 heterocycles. The lowest BCUT2D eigenvalue weighted by Crippen LogP contribution is -2.06. The quantitative estimate of drug-likeness (QED) is 0.860. The van der Waals surface area contributed by atoms with Gasteiger partial charge in [-0.25, -0.2) is 0 Å². The highest BCUT2D eigenvalue weighted by Gasteiger charge is 2.07. The Labute approximate surface area is 122 Å². The predicted octanol–water partition coefficient (Wildman–Crippen LogP) is 5.04. The van der Waals surface area contributed by atoms with Gasteiger partial charge in [0, 0.05) is 11.7 Å². The number of nitriles is 1. The highest BCUT2D eigenvalue weighted by molar-refractivity contribution is 6.42. The van der Waals surface area contributed by atoms with E-state index in [1.807, 2.05) is 31.2 Å². The molecule has 0 saturated carbocycles. The minimum absolute atomic E-state index is 0.0997. The number of halogens is 2. The van der Waals surface area contributed by atoms with Crippen molar-refractivity contribution in [1.29, 1.82) is 5.26 Å². The second-order valence-electron chi connectivity index (χ2n) is 4.23. The van der Waals surface area contributed by atoms with E-state index in [-0.39, 0.29) is 6.04 Å². The molecule has 0 amide bonds. The first kappa shape index (κ1) is 13.7. The van der Waals surface area contributed by atoms with E-state index in [4.69, 9.17) is 28.5 Å². The summed E-state index contributed by atoms with van der Waals surface area (Å²) in [7, 11) is 0. The van der Waals surface area contributed by atoms with Gasteiger partial charge < -0.3 is 5.32 Å². The van der Waals surface area contributed by atoms with E-state index in [0.717, 1.165) is 11.3 Å². The Kier molecular flexibility index (Phi) is 4.31. The van der Waals surface area contributed by atoms with Crippen LogP contribution in [0.3, 0.4) is 0 Å². The van der Waals surface area contributed by atoms with Crippen molar-refractivity contribution in [2.75, 3.05) is 5.32 Å². The van der Waals surface area contributed by atoms with Gasteiger partial charge >= 0.3 is 0 Å². The van der Waals surface area contributed by atoms with E-state index in [1.165, 1.54) is 0 Å². The third-order valence-corrected chi connectivity index (χ3v) is 3.58. The Bertz CT molecular complexity index is 615. The maximum Gasteiger partial charge on any atom is 0.0991 e. The summed E-state index contributed by atoms with van der Waals surface area (Å²) in [6, 6.07) is 15.1. The molecule has 1 atom stereocenters. The zero-order valence-electron chi connectivity index (χ0n) is 10.3. The maximum absolute atomic E-state index is 8.75. The van der Waals surface area contributed by atoms with Gasteiger partial charge in [-0.1, -0.05) is 29.3 Å². The zero-order chi connectivity index (χ0) is 13.8. The molecular weight excluding hydrogens is 279 g/mol. The second-order valence-corrected chi connectivity index (χ2v) is 5.04. The van der Waals surface area contributed by atoms with Crippen molar-refractivity contribution in [2.45, 2.75) is 13.0 Å². The van der Waals surface area contributed by atoms with E-state index in [2.05, 4.69) is 11.4 Å². The molecule has 0 bridgehead atoms. The molecule has 2 nitrogen and oxygen atoms in total. The predicted molar refractivity (Wildman–Crippen MR) is 79.7 cm³/mol. The molecule has 0 saturated heterocycles. The third-order valence-electron chi connectivity index (χ3n) is 2.84. The van der Waals surface area contributed by atoms with Crippen LogP contribution in [0.2, 0.25) is 10.0 Å². The Morgan fingerprint density at radius 1 is 1.05 bits per heavy atom. The van der Waals surface area contributed by atoms with Crippen molar-refractivity contribution in [3.63, 3.8) is 0 Å². The molecule has 0 aromatic heterocycles. The highest BCUT2D eigenvalue weighted by Crippen LogP contribution is 2.27. The monoisotopic (exact) mass is 290 g/mol. The average Bonchev–Trinajstić information content (AvgIpc) is 2.42. The topological polar surface area (TPSA) is 35.8 Å². The maximum atomic E-state index is 8.75. The van der Waals surface area contributed by atoms with Gasteiger partial charge in [0.1, 0.15) is 0 Å². The summed E-state index contributed by atoms with van der Waals surface area (Å²) in [6.07, 6.45) is 0. The van der Waals surface area contributed by atoms with Gasteiger partial charge in [0.05, 0.1) is 21.7 Å². The third kappa shape index (κ3) is 3.41. The van der Waals surface area contributed by atoms with E-state index in [0.29, 0.717) is 15.6 Å². The molecule has 0 radical (unpaired) electrons. The van der Waals surface area contributed by atoms with Gasteiger partial charge in [-0.2, -0.15) is 5.26 Å². The lowest BCUT2D eigenvalue weighted by molar-refractivity contribution is 0.885. The fraction of sp³-hybridized carbons (Fsp3) is 0.133. The number of rotatable bonds is 3. The van der Waals surface area contributed by atoms with Gasteiger partial charge in [-0.3, -0.25) is 0 Å². The summed E-state index contributed by atoms with van der Waals surface area (Å²) < 4.78 is 0. The second kappa shape index (κ2) is 5.97. The Morgan fingerprint density at radius 2 is 1.74 bits per heavy atom. The minimum atomic E-state index is 0.0997. The Morgan fingerprint density at radius 3 is 2.32 bits per heavy atom. The van der Waals surface area contributed by atoms with Crippen LogP contribution in [-0.2, 0) is 0 Å². The molecular formula is C15H12Cl2N2. The minimum Gasteiger partial charge on any atom is -0.379 e. The largest absolute Gasteiger partial charge is 0.379 e. The average molecular weight is 291 g/mol. The first-order chi connectivity index (χ1) is 9.10. The number of hydrogen-bond donors (Lipinski definition) is 1. The van der Waals surface area contributed by atoms with E-state index < -0.39 is 0 Å². The van der Waals surface area contributed by atoms with E-state index >= 15 is 0 Å². The summed E-state index contributed by atoms with van der Waals surface area (Å²) in [6.45, 7) is 2.04. The van der Waals surface area contributed by atoms with Crippen LogP contribution in [0.15, 0.2) is 42.5 Å². The normalized spacial score (nSPS) is 11.7. The standard InChI is InChI=1S/C15H12Cl2N2/c1-10(12-4-7-14(16)15(17)8-12)19-13-5-2-11(9-18)3-6-13/h2-8,10,19H,1H3. The summed E-state index contributed by atoms with van der Waals surface area (Å²) in [4.78, 5) is 0. The molecule has 2 rings (SSSR count). The molecule has 1 N–H and O–H groups in total. The van der Waals surface area contributed by atoms with Crippen molar-refractivity contribution in [3.8, 4) is 6.07 Å². The summed E-state index contributed by atoms with van der Waals surface area (Å²) in [5, 5.41) is 13.2. The summed E-state index contributed by atoms with van der Waals surface area (Å²) >= 11 is 11.9. The molecule has 4 heteroatoms. The van der Waals surface area contributed by atoms with Crippen molar-refractivity contribution in [1.82, 2.24) is 0 Å². The number of anilines is 1.